The molecule has 1 aromatic heterocycles. The minimum atomic E-state index is -0.356. The van der Waals surface area contributed by atoms with E-state index >= 15 is 0 Å². The van der Waals surface area contributed by atoms with Gasteiger partial charge in [-0.2, -0.15) is 0 Å². The van der Waals surface area contributed by atoms with Crippen LogP contribution in [-0.4, -0.2) is 58.8 Å². The molecule has 2 aliphatic rings. The standard InChI is InChI=1S/C24H31N3O4S/c1-16-8-9-17-20(14-16)32-23(22(17)24(29)31-3)25-21(28)15-26-10-12-27(13-11-26)18-6-4-5-7-19(18)30-2/h4-7,16H,8-15H2,1-3H3,(H,25,28)/p+1/t16-/m1/s1. The van der Waals surface area contributed by atoms with E-state index in [1.807, 2.05) is 18.2 Å². The molecule has 1 saturated heterocycles. The number of thiophene rings is 1. The Kier molecular flexibility index (Phi) is 7.01. The van der Waals surface area contributed by atoms with E-state index in [9.17, 15) is 9.59 Å². The van der Waals surface area contributed by atoms with Crippen LogP contribution in [0.4, 0.5) is 10.7 Å². The maximum atomic E-state index is 12.9. The van der Waals surface area contributed by atoms with Crippen LogP contribution in [0.3, 0.4) is 0 Å². The second-order valence-corrected chi connectivity index (χ2v) is 9.79. The van der Waals surface area contributed by atoms with E-state index < -0.39 is 0 Å². The zero-order valence-electron chi connectivity index (χ0n) is 19.0. The molecule has 7 nitrogen and oxygen atoms in total. The molecule has 0 spiro atoms. The number of nitrogens with one attached hydrogen (secondary N) is 2. The van der Waals surface area contributed by atoms with E-state index in [1.165, 1.54) is 28.2 Å². The van der Waals surface area contributed by atoms with Crippen LogP contribution in [0, 0.1) is 5.92 Å². The Bertz CT molecular complexity index is 982. The SMILES string of the molecule is COC(=O)c1c(NC(=O)C[NH+]2CCN(c3ccccc3OC)CC2)sc2c1CC[C@@H](C)C2. The van der Waals surface area contributed by atoms with Gasteiger partial charge in [-0.15, -0.1) is 11.3 Å². The summed E-state index contributed by atoms with van der Waals surface area (Å²) in [5.74, 6) is 1.06. The molecule has 1 fully saturated rings. The maximum absolute atomic E-state index is 12.9. The number of ether oxygens (including phenoxy) is 2. The number of nitrogens with zero attached hydrogens (tertiary/aromatic N) is 1. The van der Waals surface area contributed by atoms with E-state index in [0.717, 1.165) is 62.4 Å². The number of fused-ring (bicyclic) bond motifs is 1. The van der Waals surface area contributed by atoms with E-state index in [2.05, 4.69) is 23.2 Å². The first kappa shape index (κ1) is 22.6. The first-order valence-electron chi connectivity index (χ1n) is 11.2. The Morgan fingerprint density at radius 2 is 1.97 bits per heavy atom. The van der Waals surface area contributed by atoms with Crippen LogP contribution in [0.1, 0.15) is 34.1 Å². The number of hydrogen-bond donors (Lipinski definition) is 2. The van der Waals surface area contributed by atoms with Gasteiger partial charge in [0.2, 0.25) is 0 Å². The summed E-state index contributed by atoms with van der Waals surface area (Å²) in [5, 5.41) is 3.68. The molecule has 2 aromatic rings. The average molecular weight is 459 g/mol. The Balaban J connectivity index is 1.38. The Labute approximate surface area is 193 Å². The van der Waals surface area contributed by atoms with E-state index in [0.29, 0.717) is 23.0 Å². The molecule has 0 radical (unpaired) electrons. The van der Waals surface area contributed by atoms with Crippen molar-refractivity contribution in [2.75, 3.05) is 57.2 Å². The highest BCUT2D eigenvalue weighted by Gasteiger charge is 2.30. The van der Waals surface area contributed by atoms with Crippen molar-refractivity contribution in [2.45, 2.75) is 26.2 Å². The fourth-order valence-corrected chi connectivity index (χ4v) is 6.10. The van der Waals surface area contributed by atoms with Crippen molar-refractivity contribution < 1.29 is 24.0 Å². The molecule has 1 aliphatic carbocycles. The maximum Gasteiger partial charge on any atom is 0.341 e. The van der Waals surface area contributed by atoms with Gasteiger partial charge in [-0.1, -0.05) is 19.1 Å². The number of amides is 1. The number of anilines is 2. The largest absolute Gasteiger partial charge is 0.495 e. The summed E-state index contributed by atoms with van der Waals surface area (Å²) in [7, 11) is 3.09. The third-order valence-electron chi connectivity index (χ3n) is 6.46. The summed E-state index contributed by atoms with van der Waals surface area (Å²) in [6.07, 6.45) is 2.88. The molecule has 1 atom stereocenters. The molecule has 0 unspecified atom stereocenters. The number of carbonyl (C=O) groups excluding carboxylic acids is 2. The predicted molar refractivity (Wildman–Crippen MR) is 126 cm³/mol. The lowest BCUT2D eigenvalue weighted by Gasteiger charge is -2.34. The Hall–Kier alpha value is -2.58. The first-order valence-corrected chi connectivity index (χ1v) is 12.1. The van der Waals surface area contributed by atoms with Crippen LogP contribution in [0.2, 0.25) is 0 Å². The fraction of sp³-hybridized carbons (Fsp3) is 0.500. The number of quaternary nitrogens is 1. The third-order valence-corrected chi connectivity index (χ3v) is 7.63. The van der Waals surface area contributed by atoms with Gasteiger partial charge in [0.25, 0.3) is 5.91 Å². The first-order chi connectivity index (χ1) is 15.5. The number of hydrogen-bond acceptors (Lipinski definition) is 6. The molecule has 2 N–H and O–H groups in total. The highest BCUT2D eigenvalue weighted by molar-refractivity contribution is 7.17. The zero-order valence-corrected chi connectivity index (χ0v) is 19.8. The molecule has 1 aliphatic heterocycles. The van der Waals surface area contributed by atoms with Crippen molar-refractivity contribution in [3.05, 3.63) is 40.3 Å². The lowest BCUT2D eigenvalue weighted by molar-refractivity contribution is -0.892. The van der Waals surface area contributed by atoms with Gasteiger partial charge < -0.3 is 24.6 Å². The summed E-state index contributed by atoms with van der Waals surface area (Å²) in [5.41, 5.74) is 2.72. The van der Waals surface area contributed by atoms with Crippen molar-refractivity contribution in [3.63, 3.8) is 0 Å². The molecular formula is C24H32N3O4S+. The van der Waals surface area contributed by atoms with Crippen molar-refractivity contribution >= 4 is 33.9 Å². The van der Waals surface area contributed by atoms with Crippen LogP contribution in [0.25, 0.3) is 0 Å². The number of esters is 1. The molecule has 0 bridgehead atoms. The van der Waals surface area contributed by atoms with Crippen LogP contribution < -0.4 is 19.9 Å². The molecule has 4 rings (SSSR count). The molecule has 1 aromatic carbocycles. The quantitative estimate of drug-likeness (QED) is 0.648. The summed E-state index contributed by atoms with van der Waals surface area (Å²) in [6.45, 7) is 6.08. The minimum absolute atomic E-state index is 0.0532. The summed E-state index contributed by atoms with van der Waals surface area (Å²) in [4.78, 5) is 30.1. The normalized spacial score (nSPS) is 18.7. The van der Waals surface area contributed by atoms with E-state index in [-0.39, 0.29) is 11.9 Å². The van der Waals surface area contributed by atoms with Crippen molar-refractivity contribution in [2.24, 2.45) is 5.92 Å². The van der Waals surface area contributed by atoms with Gasteiger partial charge in [-0.3, -0.25) is 4.79 Å². The summed E-state index contributed by atoms with van der Waals surface area (Å²) >= 11 is 1.54. The molecule has 32 heavy (non-hydrogen) atoms. The summed E-state index contributed by atoms with van der Waals surface area (Å²) in [6, 6.07) is 8.04. The van der Waals surface area contributed by atoms with Crippen LogP contribution in [0.15, 0.2) is 24.3 Å². The van der Waals surface area contributed by atoms with Crippen LogP contribution in [-0.2, 0) is 22.4 Å². The average Bonchev–Trinajstić information content (AvgIpc) is 3.15. The molecule has 172 valence electrons. The monoisotopic (exact) mass is 458 g/mol. The third kappa shape index (κ3) is 4.76. The van der Waals surface area contributed by atoms with Gasteiger partial charge >= 0.3 is 5.97 Å². The zero-order chi connectivity index (χ0) is 22.7. The minimum Gasteiger partial charge on any atom is -0.495 e. The topological polar surface area (TPSA) is 72.3 Å². The lowest BCUT2D eigenvalue weighted by Crippen LogP contribution is -3.15. The smallest absolute Gasteiger partial charge is 0.341 e. The van der Waals surface area contributed by atoms with Gasteiger partial charge in [-0.05, 0) is 42.9 Å². The fourth-order valence-electron chi connectivity index (χ4n) is 4.69. The van der Waals surface area contributed by atoms with E-state index in [4.69, 9.17) is 9.47 Å². The van der Waals surface area contributed by atoms with Gasteiger partial charge in [0.05, 0.1) is 51.6 Å². The Morgan fingerprint density at radius 1 is 1.22 bits per heavy atom. The lowest BCUT2D eigenvalue weighted by atomic mass is 9.88. The number of benzene rings is 1. The van der Waals surface area contributed by atoms with Crippen LogP contribution in [0.5, 0.6) is 5.75 Å². The second-order valence-electron chi connectivity index (χ2n) is 8.68. The number of methoxy groups -OCH3 is 2. The molecule has 1 amide bonds. The van der Waals surface area contributed by atoms with Gasteiger partial charge in [0.1, 0.15) is 10.8 Å². The molecule has 0 saturated carbocycles. The number of piperazine rings is 1. The predicted octanol–water partition coefficient (Wildman–Crippen LogP) is 2.01. The van der Waals surface area contributed by atoms with Gasteiger partial charge in [0.15, 0.2) is 6.54 Å². The number of carbonyl (C=O) groups is 2. The molecule has 2 heterocycles. The number of para-hydroxylation sites is 2. The van der Waals surface area contributed by atoms with Gasteiger partial charge in [0, 0.05) is 4.88 Å². The van der Waals surface area contributed by atoms with Crippen molar-refractivity contribution in [1.82, 2.24) is 0 Å². The highest BCUT2D eigenvalue weighted by atomic mass is 32.1. The Morgan fingerprint density at radius 3 is 2.69 bits per heavy atom. The van der Waals surface area contributed by atoms with Gasteiger partial charge in [-0.25, -0.2) is 4.79 Å². The van der Waals surface area contributed by atoms with Crippen LogP contribution >= 0.6 is 11.3 Å². The van der Waals surface area contributed by atoms with Crippen molar-refractivity contribution in [3.8, 4) is 5.75 Å². The van der Waals surface area contributed by atoms with E-state index in [1.54, 1.807) is 7.11 Å². The highest BCUT2D eigenvalue weighted by Crippen LogP contribution is 2.40. The molecule has 8 heteroatoms. The number of rotatable bonds is 6. The van der Waals surface area contributed by atoms with Crippen molar-refractivity contribution in [1.29, 1.82) is 0 Å². The summed E-state index contributed by atoms with van der Waals surface area (Å²) < 4.78 is 10.5. The molecular weight excluding hydrogens is 426 g/mol. The second kappa shape index (κ2) is 9.92.